The molecule has 0 aliphatic heterocycles. The van der Waals surface area contributed by atoms with Crippen LogP contribution >= 0.6 is 11.6 Å². The zero-order valence-corrected chi connectivity index (χ0v) is 24.8. The summed E-state index contributed by atoms with van der Waals surface area (Å²) in [4.78, 5) is 19.6. The van der Waals surface area contributed by atoms with Crippen LogP contribution in [-0.2, 0) is 29.1 Å². The number of nitrogens with one attached hydrogen (secondary N) is 1. The third kappa shape index (κ3) is 7.78. The van der Waals surface area contributed by atoms with Gasteiger partial charge in [0.05, 0.1) is 5.69 Å². The van der Waals surface area contributed by atoms with Crippen LogP contribution in [0.3, 0.4) is 0 Å². The van der Waals surface area contributed by atoms with Crippen LogP contribution in [0.25, 0.3) is 22.5 Å². The number of likely N-dealkylation sites (N-methyl/N-ethyl adjacent to an activating group) is 1. The molecule has 3 N–H and O–H groups in total. The van der Waals surface area contributed by atoms with Gasteiger partial charge in [0.2, 0.25) is 5.82 Å². The Labute approximate surface area is 246 Å². The molecule has 0 spiro atoms. The van der Waals surface area contributed by atoms with E-state index in [0.29, 0.717) is 36.2 Å². The van der Waals surface area contributed by atoms with Crippen LogP contribution in [0.2, 0.25) is 5.15 Å². The van der Waals surface area contributed by atoms with Crippen LogP contribution in [0.1, 0.15) is 56.1 Å². The molecule has 0 amide bonds. The molecule has 1 unspecified atom stereocenters. The van der Waals surface area contributed by atoms with Crippen molar-refractivity contribution in [2.45, 2.75) is 64.6 Å². The first kappa shape index (κ1) is 30.4. The van der Waals surface area contributed by atoms with Gasteiger partial charge in [-0.2, -0.15) is 5.21 Å². The van der Waals surface area contributed by atoms with Gasteiger partial charge in [0.25, 0.3) is 0 Å². The highest BCUT2D eigenvalue weighted by Crippen LogP contribution is 2.30. The number of carbonyl (C=O) groups is 1. The average molecular weight is 579 g/mol. The molecule has 41 heavy (non-hydrogen) atoms. The Kier molecular flexibility index (Phi) is 11.0. The minimum Gasteiger partial charge on any atom is -0.458 e. The van der Waals surface area contributed by atoms with Gasteiger partial charge in [-0.25, -0.2) is 4.98 Å². The van der Waals surface area contributed by atoms with E-state index in [9.17, 15) is 4.79 Å². The van der Waals surface area contributed by atoms with Crippen molar-refractivity contribution in [3.8, 4) is 22.5 Å². The van der Waals surface area contributed by atoms with Crippen LogP contribution in [0.5, 0.6) is 0 Å². The van der Waals surface area contributed by atoms with Crippen molar-refractivity contribution in [2.24, 2.45) is 5.73 Å². The molecule has 4 rings (SSSR count). The third-order valence-corrected chi connectivity index (χ3v) is 7.46. The normalized spacial score (nSPS) is 12.1. The lowest BCUT2D eigenvalue weighted by atomic mass is 9.98. The zero-order valence-electron chi connectivity index (χ0n) is 24.0. The summed E-state index contributed by atoms with van der Waals surface area (Å²) in [6, 6.07) is 16.0. The lowest BCUT2D eigenvalue weighted by Crippen LogP contribution is -2.37. The van der Waals surface area contributed by atoms with Crippen molar-refractivity contribution in [3.63, 3.8) is 0 Å². The van der Waals surface area contributed by atoms with Gasteiger partial charge in [0, 0.05) is 18.5 Å². The second kappa shape index (κ2) is 14.9. The van der Waals surface area contributed by atoms with E-state index in [0.717, 1.165) is 60.2 Å². The van der Waals surface area contributed by atoms with E-state index in [-0.39, 0.29) is 18.6 Å². The lowest BCUT2D eigenvalue weighted by Gasteiger charge is -2.22. The van der Waals surface area contributed by atoms with Crippen molar-refractivity contribution in [1.82, 2.24) is 35.1 Å². The van der Waals surface area contributed by atoms with E-state index in [1.807, 2.05) is 43.3 Å². The Morgan fingerprint density at radius 2 is 1.85 bits per heavy atom. The number of nitrogens with zero attached hydrogens (tertiary/aromatic N) is 6. The number of aryl methyl sites for hydroxylation is 1. The highest BCUT2D eigenvalue weighted by molar-refractivity contribution is 6.30. The van der Waals surface area contributed by atoms with Crippen LogP contribution in [0.15, 0.2) is 48.5 Å². The molecule has 1 atom stereocenters. The second-order valence-electron chi connectivity index (χ2n) is 10.3. The maximum absolute atomic E-state index is 13.0. The summed E-state index contributed by atoms with van der Waals surface area (Å²) in [5, 5.41) is 14.9. The van der Waals surface area contributed by atoms with E-state index < -0.39 is 0 Å². The number of H-pyrrole nitrogens is 1. The molecule has 2 heterocycles. The molecule has 4 aromatic rings. The number of imidazole rings is 1. The molecule has 0 saturated heterocycles. The Balaban J connectivity index is 1.54. The van der Waals surface area contributed by atoms with Crippen molar-refractivity contribution in [3.05, 3.63) is 70.8 Å². The molecule has 10 nitrogen and oxygen atoms in total. The van der Waals surface area contributed by atoms with Crippen LogP contribution in [0.4, 0.5) is 0 Å². The van der Waals surface area contributed by atoms with Crippen LogP contribution < -0.4 is 5.73 Å². The number of hydrogen-bond donors (Lipinski definition) is 2. The molecule has 2 aromatic carbocycles. The molecule has 0 bridgehead atoms. The molecular formula is C30H39ClN8O2. The van der Waals surface area contributed by atoms with Gasteiger partial charge in [-0.1, -0.05) is 79.9 Å². The second-order valence-corrected chi connectivity index (χ2v) is 10.7. The highest BCUT2D eigenvalue weighted by atomic mass is 35.5. The largest absolute Gasteiger partial charge is 0.458 e. The van der Waals surface area contributed by atoms with Crippen molar-refractivity contribution >= 4 is 17.6 Å². The molecule has 2 aromatic heterocycles. The van der Waals surface area contributed by atoms with Gasteiger partial charge < -0.3 is 15.0 Å². The summed E-state index contributed by atoms with van der Waals surface area (Å²) in [7, 11) is 3.78. The molecule has 0 aliphatic rings. The van der Waals surface area contributed by atoms with Crippen molar-refractivity contribution in [2.75, 3.05) is 20.6 Å². The summed E-state index contributed by atoms with van der Waals surface area (Å²) in [6.45, 7) is 3.38. The Morgan fingerprint density at radius 3 is 2.51 bits per heavy atom. The summed E-state index contributed by atoms with van der Waals surface area (Å²) < 4.78 is 7.90. The van der Waals surface area contributed by atoms with Gasteiger partial charge in [-0.05, 0) is 61.8 Å². The average Bonchev–Trinajstić information content (AvgIpc) is 3.61. The highest BCUT2D eigenvalue weighted by Gasteiger charge is 2.24. The number of nitrogens with two attached hydrogens (primary N) is 1. The molecule has 11 heteroatoms. The monoisotopic (exact) mass is 578 g/mol. The van der Waals surface area contributed by atoms with Crippen LogP contribution in [0, 0.1) is 0 Å². The molecule has 0 saturated carbocycles. The van der Waals surface area contributed by atoms with E-state index in [4.69, 9.17) is 22.1 Å². The number of rotatable bonds is 15. The summed E-state index contributed by atoms with van der Waals surface area (Å²) in [6.07, 6.45) is 5.25. The van der Waals surface area contributed by atoms with Gasteiger partial charge >= 0.3 is 5.97 Å². The number of halogens is 1. The summed E-state index contributed by atoms with van der Waals surface area (Å²) >= 11 is 6.63. The Bertz CT molecular complexity index is 1390. The molecule has 0 fully saturated rings. The number of tetrazole rings is 1. The van der Waals surface area contributed by atoms with E-state index in [2.05, 4.69) is 61.4 Å². The fourth-order valence-electron chi connectivity index (χ4n) is 4.84. The standard InChI is InChI=1S/C30H39ClN8O2/c1-4-5-13-27-33-28(31)26(20-41-30(40)25(38(2)3)12-8-9-18-32)39(27)19-21-14-16-22(17-15-21)23-10-6-7-11-24(23)29-34-36-37-35-29/h6-7,10-11,14-17,25H,4-5,8-9,12-13,18-20,32H2,1-3H3,(H,34,35,36,37). The maximum Gasteiger partial charge on any atom is 0.323 e. The maximum atomic E-state index is 13.0. The topological polar surface area (TPSA) is 128 Å². The fraction of sp³-hybridized carbons (Fsp3) is 0.433. The molecule has 0 radical (unpaired) electrons. The van der Waals surface area contributed by atoms with Crippen LogP contribution in [-0.4, -0.2) is 67.7 Å². The first-order valence-corrected chi connectivity index (χ1v) is 14.5. The smallest absolute Gasteiger partial charge is 0.323 e. The number of ether oxygens (including phenoxy) is 1. The molecular weight excluding hydrogens is 540 g/mol. The Morgan fingerprint density at radius 1 is 1.10 bits per heavy atom. The fourth-order valence-corrected chi connectivity index (χ4v) is 5.09. The minimum absolute atomic E-state index is 0.0637. The van der Waals surface area contributed by atoms with Gasteiger partial charge in [0.15, 0.2) is 5.15 Å². The van der Waals surface area contributed by atoms with Gasteiger partial charge in [0.1, 0.15) is 18.5 Å². The van der Waals surface area contributed by atoms with E-state index in [1.54, 1.807) is 0 Å². The predicted molar refractivity (Wildman–Crippen MR) is 160 cm³/mol. The van der Waals surface area contributed by atoms with Crippen molar-refractivity contribution in [1.29, 1.82) is 0 Å². The number of aromatic amines is 1. The quantitative estimate of drug-likeness (QED) is 0.151. The Hall–Kier alpha value is -3.60. The number of aromatic nitrogens is 6. The van der Waals surface area contributed by atoms with Gasteiger partial charge in [-0.15, -0.1) is 10.2 Å². The molecule has 0 aliphatic carbocycles. The SMILES string of the molecule is CCCCc1nc(Cl)c(COC(=O)C(CCCCN)N(C)C)n1Cc1ccc(-c2ccccc2-c2nn[nH]n2)cc1. The lowest BCUT2D eigenvalue weighted by molar-refractivity contribution is -0.150. The third-order valence-electron chi connectivity index (χ3n) is 7.15. The first-order chi connectivity index (χ1) is 19.9. The number of carbonyl (C=O) groups excluding carboxylic acids is 1. The van der Waals surface area contributed by atoms with Crippen molar-refractivity contribution < 1.29 is 9.53 Å². The van der Waals surface area contributed by atoms with E-state index >= 15 is 0 Å². The number of unbranched alkanes of at least 4 members (excludes halogenated alkanes) is 2. The zero-order chi connectivity index (χ0) is 29.2. The minimum atomic E-state index is -0.334. The number of esters is 1. The number of hydrogen-bond acceptors (Lipinski definition) is 8. The predicted octanol–water partition coefficient (Wildman–Crippen LogP) is 4.88. The van der Waals surface area contributed by atoms with Gasteiger partial charge in [-0.3, -0.25) is 9.69 Å². The van der Waals surface area contributed by atoms with E-state index in [1.165, 1.54) is 0 Å². The summed E-state index contributed by atoms with van der Waals surface area (Å²) in [5.74, 6) is 1.17. The first-order valence-electron chi connectivity index (χ1n) is 14.1. The summed E-state index contributed by atoms with van der Waals surface area (Å²) in [5.41, 5.74) is 10.4. The molecule has 218 valence electrons. The number of benzene rings is 2.